The molecule has 0 aliphatic heterocycles. The van der Waals surface area contributed by atoms with Gasteiger partial charge in [0.05, 0.1) is 12.2 Å². The molecule has 1 aromatic carbocycles. The van der Waals surface area contributed by atoms with Crippen LogP contribution in [-0.2, 0) is 17.8 Å². The van der Waals surface area contributed by atoms with Gasteiger partial charge in [-0.05, 0) is 31.7 Å². The zero-order valence-corrected chi connectivity index (χ0v) is 18.1. The van der Waals surface area contributed by atoms with E-state index >= 15 is 0 Å². The van der Waals surface area contributed by atoms with Crippen LogP contribution in [0.15, 0.2) is 34.6 Å². The predicted octanol–water partition coefficient (Wildman–Crippen LogP) is 3.13. The van der Waals surface area contributed by atoms with Crippen LogP contribution in [0.1, 0.15) is 29.3 Å². The summed E-state index contributed by atoms with van der Waals surface area (Å²) < 4.78 is 18.3. The van der Waals surface area contributed by atoms with Crippen molar-refractivity contribution in [1.82, 2.24) is 20.1 Å². The van der Waals surface area contributed by atoms with Gasteiger partial charge in [0.2, 0.25) is 0 Å². The quantitative estimate of drug-likeness (QED) is 0.511. The number of thiazole rings is 1. The van der Waals surface area contributed by atoms with Gasteiger partial charge in [-0.3, -0.25) is 4.99 Å². The molecule has 0 spiro atoms. The monoisotopic (exact) mass is 407 g/mol. The van der Waals surface area contributed by atoms with Gasteiger partial charge in [-0.25, -0.2) is 9.37 Å². The Balaban J connectivity index is 1.78. The Morgan fingerprint density at radius 3 is 2.64 bits per heavy atom. The average Bonchev–Trinajstić information content (AvgIpc) is 3.14. The molecule has 1 unspecified atom stereocenters. The van der Waals surface area contributed by atoms with Crippen molar-refractivity contribution in [2.24, 2.45) is 4.99 Å². The van der Waals surface area contributed by atoms with Crippen molar-refractivity contribution in [1.29, 1.82) is 0 Å². The topological polar surface area (TPSA) is 53.0 Å². The number of likely N-dealkylation sites (N-methyl/N-ethyl adjacent to an activating group) is 1. The van der Waals surface area contributed by atoms with E-state index in [0.717, 1.165) is 41.9 Å². The molecule has 0 saturated heterocycles. The largest absolute Gasteiger partial charge is 0.375 e. The maximum Gasteiger partial charge on any atom is 0.193 e. The highest BCUT2D eigenvalue weighted by Gasteiger charge is 2.12. The summed E-state index contributed by atoms with van der Waals surface area (Å²) in [6.45, 7) is 5.05. The minimum atomic E-state index is -0.205. The lowest BCUT2D eigenvalue weighted by atomic mass is 10.2. The van der Waals surface area contributed by atoms with E-state index in [1.54, 1.807) is 25.5 Å². The molecule has 0 fully saturated rings. The van der Waals surface area contributed by atoms with Crippen LogP contribution in [0, 0.1) is 5.82 Å². The highest BCUT2D eigenvalue weighted by atomic mass is 32.1. The van der Waals surface area contributed by atoms with Gasteiger partial charge in [0.1, 0.15) is 16.9 Å². The Kier molecular flexibility index (Phi) is 8.82. The van der Waals surface area contributed by atoms with Crippen LogP contribution in [0.3, 0.4) is 0 Å². The molecule has 1 N–H and O–H groups in total. The zero-order valence-electron chi connectivity index (χ0n) is 17.3. The summed E-state index contributed by atoms with van der Waals surface area (Å²) in [7, 11) is 7.51. The van der Waals surface area contributed by atoms with E-state index in [4.69, 9.17) is 4.74 Å². The van der Waals surface area contributed by atoms with E-state index in [1.165, 1.54) is 12.1 Å². The molecular formula is C20H30FN5OS. The zero-order chi connectivity index (χ0) is 20.5. The molecule has 0 amide bonds. The number of nitrogens with zero attached hydrogens (tertiary/aromatic N) is 4. The van der Waals surface area contributed by atoms with Crippen molar-refractivity contribution in [2.75, 3.05) is 41.3 Å². The van der Waals surface area contributed by atoms with Crippen molar-refractivity contribution in [3.63, 3.8) is 0 Å². The van der Waals surface area contributed by atoms with Crippen LogP contribution in [0.5, 0.6) is 0 Å². The van der Waals surface area contributed by atoms with Crippen molar-refractivity contribution in [2.45, 2.75) is 26.1 Å². The fourth-order valence-electron chi connectivity index (χ4n) is 2.72. The fourth-order valence-corrected chi connectivity index (χ4v) is 3.57. The Hall–Kier alpha value is -2.03. The molecule has 0 aliphatic rings. The lowest BCUT2D eigenvalue weighted by Crippen LogP contribution is -2.41. The Morgan fingerprint density at radius 1 is 1.29 bits per heavy atom. The molecule has 0 radical (unpaired) electrons. The number of nitrogens with one attached hydrogen (secondary N) is 1. The number of benzene rings is 1. The Morgan fingerprint density at radius 2 is 2.00 bits per heavy atom. The van der Waals surface area contributed by atoms with Crippen LogP contribution in [0.25, 0.3) is 0 Å². The van der Waals surface area contributed by atoms with Gasteiger partial charge in [0, 0.05) is 46.2 Å². The third-order valence-corrected chi connectivity index (χ3v) is 5.44. The molecular weight excluding hydrogens is 377 g/mol. The van der Waals surface area contributed by atoms with Gasteiger partial charge in [-0.15, -0.1) is 11.3 Å². The van der Waals surface area contributed by atoms with E-state index in [1.807, 2.05) is 33.2 Å². The van der Waals surface area contributed by atoms with Crippen LogP contribution >= 0.6 is 11.3 Å². The number of methoxy groups -OCH3 is 1. The summed E-state index contributed by atoms with van der Waals surface area (Å²) in [6, 6.07) is 6.63. The van der Waals surface area contributed by atoms with Crippen molar-refractivity contribution < 1.29 is 9.13 Å². The Bertz CT molecular complexity index is 749. The molecule has 0 aliphatic carbocycles. The molecule has 2 aromatic rings. The highest BCUT2D eigenvalue weighted by molar-refractivity contribution is 7.09. The van der Waals surface area contributed by atoms with Gasteiger partial charge >= 0.3 is 0 Å². The predicted molar refractivity (Wildman–Crippen MR) is 113 cm³/mol. The second kappa shape index (κ2) is 11.1. The number of guanidine groups is 1. The SMILES string of the molecule is CN=C(NCCN(C)Cc1ccc(F)cc1)N(C)Cc1csc(C(C)OC)n1. The van der Waals surface area contributed by atoms with Gasteiger partial charge in [0.15, 0.2) is 5.96 Å². The first-order valence-corrected chi connectivity index (χ1v) is 10.1. The smallest absolute Gasteiger partial charge is 0.193 e. The summed E-state index contributed by atoms with van der Waals surface area (Å²) in [5.74, 6) is 0.619. The standard InChI is InChI=1S/C20H30FN5OS/c1-15(27-5)19-24-18(14-28-19)13-26(4)20(22-2)23-10-11-25(3)12-16-6-8-17(21)9-7-16/h6-9,14-15H,10-13H2,1-5H3,(H,22,23). The van der Waals surface area contributed by atoms with Crippen LogP contribution in [0.4, 0.5) is 4.39 Å². The summed E-state index contributed by atoms with van der Waals surface area (Å²) in [5, 5.41) is 6.42. The molecule has 2 rings (SSSR count). The maximum atomic E-state index is 13.0. The molecule has 0 saturated carbocycles. The van der Waals surface area contributed by atoms with Crippen LogP contribution in [-0.4, -0.2) is 62.1 Å². The molecule has 8 heteroatoms. The number of rotatable bonds is 9. The first-order chi connectivity index (χ1) is 13.4. The first-order valence-electron chi connectivity index (χ1n) is 9.24. The molecule has 1 heterocycles. The molecule has 6 nitrogen and oxygen atoms in total. The van der Waals surface area contributed by atoms with Gasteiger partial charge in [0.25, 0.3) is 0 Å². The van der Waals surface area contributed by atoms with E-state index in [-0.39, 0.29) is 11.9 Å². The molecule has 0 bridgehead atoms. The van der Waals surface area contributed by atoms with Gasteiger partial charge in [-0.1, -0.05) is 12.1 Å². The number of aromatic nitrogens is 1. The third kappa shape index (κ3) is 6.85. The second-order valence-corrected chi connectivity index (χ2v) is 7.64. The number of halogens is 1. The minimum absolute atomic E-state index is 0.0122. The van der Waals surface area contributed by atoms with Gasteiger partial charge < -0.3 is 19.9 Å². The summed E-state index contributed by atoms with van der Waals surface area (Å²) in [5.41, 5.74) is 2.10. The lowest BCUT2D eigenvalue weighted by molar-refractivity contribution is 0.119. The average molecular weight is 408 g/mol. The van der Waals surface area contributed by atoms with E-state index in [2.05, 4.69) is 30.5 Å². The van der Waals surface area contributed by atoms with Crippen molar-refractivity contribution >= 4 is 17.3 Å². The number of hydrogen-bond donors (Lipinski definition) is 1. The summed E-state index contributed by atoms with van der Waals surface area (Å²) >= 11 is 1.61. The Labute approximate surface area is 171 Å². The van der Waals surface area contributed by atoms with Crippen molar-refractivity contribution in [3.05, 3.63) is 51.7 Å². The van der Waals surface area contributed by atoms with E-state index in [0.29, 0.717) is 6.54 Å². The molecule has 154 valence electrons. The maximum absolute atomic E-state index is 13.0. The highest BCUT2D eigenvalue weighted by Crippen LogP contribution is 2.20. The summed E-state index contributed by atoms with van der Waals surface area (Å²) in [4.78, 5) is 13.2. The fraction of sp³-hybridized carbons (Fsp3) is 0.500. The molecule has 1 atom stereocenters. The molecule has 28 heavy (non-hydrogen) atoms. The van der Waals surface area contributed by atoms with Crippen LogP contribution < -0.4 is 5.32 Å². The number of aliphatic imine (C=N–C) groups is 1. The van der Waals surface area contributed by atoms with Gasteiger partial charge in [-0.2, -0.15) is 0 Å². The lowest BCUT2D eigenvalue weighted by Gasteiger charge is -2.23. The van der Waals surface area contributed by atoms with Crippen molar-refractivity contribution in [3.8, 4) is 0 Å². The minimum Gasteiger partial charge on any atom is -0.375 e. The normalized spacial score (nSPS) is 13.0. The summed E-state index contributed by atoms with van der Waals surface area (Å²) in [6.07, 6.45) is 0.0122. The second-order valence-electron chi connectivity index (χ2n) is 6.75. The molecule has 1 aromatic heterocycles. The number of ether oxygens (including phenoxy) is 1. The third-order valence-electron chi connectivity index (χ3n) is 4.39. The number of hydrogen-bond acceptors (Lipinski definition) is 5. The van der Waals surface area contributed by atoms with E-state index < -0.39 is 0 Å². The first kappa shape index (κ1) is 22.3. The van der Waals surface area contributed by atoms with Crippen LogP contribution in [0.2, 0.25) is 0 Å². The van der Waals surface area contributed by atoms with E-state index in [9.17, 15) is 4.39 Å².